The van der Waals surface area contributed by atoms with Crippen LogP contribution >= 0.6 is 0 Å². The molecule has 0 amide bonds. The van der Waals surface area contributed by atoms with Gasteiger partial charge >= 0.3 is 0 Å². The second-order valence-corrected chi connectivity index (χ2v) is 11.2. The fourth-order valence-electron chi connectivity index (χ4n) is 5.01. The summed E-state index contributed by atoms with van der Waals surface area (Å²) in [6.07, 6.45) is 17.7. The second-order valence-electron chi connectivity index (χ2n) is 9.51. The first-order valence-electron chi connectivity index (χ1n) is 12.8. The molecule has 0 spiro atoms. The van der Waals surface area contributed by atoms with Crippen molar-refractivity contribution >= 4 is 10.0 Å². The highest BCUT2D eigenvalue weighted by molar-refractivity contribution is 7.89. The Balaban J connectivity index is 3.97. The summed E-state index contributed by atoms with van der Waals surface area (Å²) in [7, 11) is -3.32. The number of sulfonamides is 1. The Kier molecular flexibility index (Phi) is 16.4. The van der Waals surface area contributed by atoms with Crippen LogP contribution in [0.25, 0.3) is 0 Å². The standard InChI is InChI=1S/C25H53NO3S/c1-6-17-24(7-2,8-3)18-11-14-21-29-22-15-12-19-25(9-4,10-5)20-13-16-23-30(26,27)28/h6-23H2,1-5H3,(H2,26,27,28). The molecule has 0 fully saturated rings. The molecule has 4 nitrogen and oxygen atoms in total. The zero-order valence-corrected chi connectivity index (χ0v) is 21.8. The SMILES string of the molecule is CCCC(CC)(CC)CCCCOCCCCC(CC)(CC)CCCCS(N)(=O)=O. The Hall–Kier alpha value is -0.130. The van der Waals surface area contributed by atoms with E-state index in [1.807, 2.05) is 0 Å². The highest BCUT2D eigenvalue weighted by Crippen LogP contribution is 2.38. The molecule has 0 saturated heterocycles. The summed E-state index contributed by atoms with van der Waals surface area (Å²) < 4.78 is 28.1. The molecule has 0 unspecified atom stereocenters. The Morgan fingerprint density at radius 3 is 1.40 bits per heavy atom. The molecule has 0 atom stereocenters. The van der Waals surface area contributed by atoms with Crippen molar-refractivity contribution in [1.29, 1.82) is 0 Å². The molecular weight excluding hydrogens is 394 g/mol. The molecule has 5 heteroatoms. The average molecular weight is 448 g/mol. The van der Waals surface area contributed by atoms with Crippen LogP contribution in [0, 0.1) is 10.8 Å². The van der Waals surface area contributed by atoms with Gasteiger partial charge in [0.1, 0.15) is 0 Å². The lowest BCUT2D eigenvalue weighted by atomic mass is 9.74. The van der Waals surface area contributed by atoms with E-state index in [9.17, 15) is 8.42 Å². The topological polar surface area (TPSA) is 69.4 Å². The molecule has 0 rings (SSSR count). The van der Waals surface area contributed by atoms with Crippen molar-refractivity contribution in [2.24, 2.45) is 16.0 Å². The Labute approximate surface area is 189 Å². The third kappa shape index (κ3) is 13.3. The van der Waals surface area contributed by atoms with E-state index in [4.69, 9.17) is 9.88 Å². The molecule has 0 aliphatic heterocycles. The van der Waals surface area contributed by atoms with E-state index in [0.29, 0.717) is 17.3 Å². The van der Waals surface area contributed by atoms with Crippen molar-refractivity contribution in [3.63, 3.8) is 0 Å². The third-order valence-electron chi connectivity index (χ3n) is 7.66. The lowest BCUT2D eigenvalue weighted by Crippen LogP contribution is -2.21. The van der Waals surface area contributed by atoms with Crippen LogP contribution < -0.4 is 5.14 Å². The number of hydrogen-bond acceptors (Lipinski definition) is 3. The van der Waals surface area contributed by atoms with E-state index < -0.39 is 10.0 Å². The lowest BCUT2D eigenvalue weighted by Gasteiger charge is -2.32. The first kappa shape index (κ1) is 29.9. The molecule has 0 aromatic rings. The van der Waals surface area contributed by atoms with Gasteiger partial charge in [-0.05, 0) is 55.8 Å². The maximum Gasteiger partial charge on any atom is 0.209 e. The van der Waals surface area contributed by atoms with Gasteiger partial charge in [-0.25, -0.2) is 13.6 Å². The molecule has 182 valence electrons. The minimum absolute atomic E-state index is 0.112. The minimum Gasteiger partial charge on any atom is -0.381 e. The van der Waals surface area contributed by atoms with Crippen LogP contribution in [0.3, 0.4) is 0 Å². The smallest absolute Gasteiger partial charge is 0.209 e. The summed E-state index contributed by atoms with van der Waals surface area (Å²) in [4.78, 5) is 0. The third-order valence-corrected chi connectivity index (χ3v) is 8.52. The zero-order chi connectivity index (χ0) is 22.9. The van der Waals surface area contributed by atoms with Crippen LogP contribution in [0.2, 0.25) is 0 Å². The lowest BCUT2D eigenvalue weighted by molar-refractivity contribution is 0.113. The second kappa shape index (κ2) is 16.5. The molecule has 2 N–H and O–H groups in total. The molecule has 30 heavy (non-hydrogen) atoms. The number of unbranched alkanes of at least 4 members (excludes halogenated alkanes) is 3. The Morgan fingerprint density at radius 1 is 0.633 bits per heavy atom. The predicted molar refractivity (Wildman–Crippen MR) is 131 cm³/mol. The number of rotatable bonds is 21. The van der Waals surface area contributed by atoms with Crippen LogP contribution in [0.4, 0.5) is 0 Å². The van der Waals surface area contributed by atoms with Crippen LogP contribution in [0.15, 0.2) is 0 Å². The quantitative estimate of drug-likeness (QED) is 0.189. The summed E-state index contributed by atoms with van der Waals surface area (Å²) >= 11 is 0. The van der Waals surface area contributed by atoms with Crippen molar-refractivity contribution in [3.8, 4) is 0 Å². The number of ether oxygens (including phenoxy) is 1. The van der Waals surface area contributed by atoms with Gasteiger partial charge in [0.25, 0.3) is 0 Å². The maximum absolute atomic E-state index is 11.1. The Bertz CT molecular complexity index is 497. The van der Waals surface area contributed by atoms with Crippen LogP contribution in [0.5, 0.6) is 0 Å². The highest BCUT2D eigenvalue weighted by Gasteiger charge is 2.25. The fourth-order valence-corrected chi connectivity index (χ4v) is 5.61. The molecule has 0 heterocycles. The molecule has 0 aromatic heterocycles. The Morgan fingerprint density at radius 2 is 1.03 bits per heavy atom. The normalized spacial score (nSPS) is 13.1. The van der Waals surface area contributed by atoms with E-state index in [0.717, 1.165) is 45.3 Å². The van der Waals surface area contributed by atoms with Gasteiger partial charge in [-0.1, -0.05) is 86.0 Å². The average Bonchev–Trinajstić information content (AvgIpc) is 2.72. The van der Waals surface area contributed by atoms with E-state index in [1.165, 1.54) is 57.8 Å². The molecule has 0 saturated carbocycles. The van der Waals surface area contributed by atoms with Crippen molar-refractivity contribution in [2.75, 3.05) is 19.0 Å². The first-order valence-corrected chi connectivity index (χ1v) is 14.5. The van der Waals surface area contributed by atoms with Gasteiger partial charge in [-0.15, -0.1) is 0 Å². The summed E-state index contributed by atoms with van der Waals surface area (Å²) in [5, 5.41) is 5.11. The van der Waals surface area contributed by atoms with Gasteiger partial charge in [-0.3, -0.25) is 0 Å². The maximum atomic E-state index is 11.1. The summed E-state index contributed by atoms with van der Waals surface area (Å²) in [5.41, 5.74) is 0.911. The van der Waals surface area contributed by atoms with E-state index in [-0.39, 0.29) is 5.75 Å². The van der Waals surface area contributed by atoms with Crippen LogP contribution in [0.1, 0.15) is 131 Å². The summed E-state index contributed by atoms with van der Waals surface area (Å²) in [5.74, 6) is 0.112. The zero-order valence-electron chi connectivity index (χ0n) is 20.9. The highest BCUT2D eigenvalue weighted by atomic mass is 32.2. The predicted octanol–water partition coefficient (Wildman–Crippen LogP) is 7.22. The summed E-state index contributed by atoms with van der Waals surface area (Å²) in [6, 6.07) is 0. The van der Waals surface area contributed by atoms with Gasteiger partial charge < -0.3 is 4.74 Å². The number of hydrogen-bond donors (Lipinski definition) is 1. The van der Waals surface area contributed by atoms with Crippen molar-refractivity contribution in [2.45, 2.75) is 131 Å². The fraction of sp³-hybridized carbons (Fsp3) is 1.00. The van der Waals surface area contributed by atoms with Crippen molar-refractivity contribution in [3.05, 3.63) is 0 Å². The monoisotopic (exact) mass is 447 g/mol. The number of primary sulfonamides is 1. The molecule has 0 bridgehead atoms. The largest absolute Gasteiger partial charge is 0.381 e. The van der Waals surface area contributed by atoms with Gasteiger partial charge in [0.15, 0.2) is 0 Å². The molecular formula is C25H53NO3S. The van der Waals surface area contributed by atoms with Crippen LogP contribution in [-0.2, 0) is 14.8 Å². The molecule has 0 aromatic carbocycles. The van der Waals surface area contributed by atoms with Crippen molar-refractivity contribution in [1.82, 2.24) is 0 Å². The summed E-state index contributed by atoms with van der Waals surface area (Å²) in [6.45, 7) is 13.3. The minimum atomic E-state index is -3.32. The molecule has 0 aliphatic carbocycles. The van der Waals surface area contributed by atoms with Crippen molar-refractivity contribution < 1.29 is 13.2 Å². The molecule has 0 radical (unpaired) electrons. The number of nitrogens with two attached hydrogens (primary N) is 1. The van der Waals surface area contributed by atoms with Crippen LogP contribution in [-0.4, -0.2) is 27.4 Å². The first-order chi connectivity index (χ1) is 14.2. The van der Waals surface area contributed by atoms with E-state index >= 15 is 0 Å². The van der Waals surface area contributed by atoms with Gasteiger partial charge in [0.05, 0.1) is 5.75 Å². The van der Waals surface area contributed by atoms with Gasteiger partial charge in [0.2, 0.25) is 10.0 Å². The van der Waals surface area contributed by atoms with E-state index in [2.05, 4.69) is 34.6 Å². The molecule has 0 aliphatic rings. The van der Waals surface area contributed by atoms with E-state index in [1.54, 1.807) is 0 Å². The van der Waals surface area contributed by atoms with Gasteiger partial charge in [-0.2, -0.15) is 0 Å². The van der Waals surface area contributed by atoms with Gasteiger partial charge in [0, 0.05) is 13.2 Å².